The molecule has 0 saturated carbocycles. The van der Waals surface area contributed by atoms with Crippen LogP contribution in [0.1, 0.15) is 36.1 Å². The lowest BCUT2D eigenvalue weighted by molar-refractivity contribution is 0.496. The maximum Gasteiger partial charge on any atom is 0.127 e. The summed E-state index contributed by atoms with van der Waals surface area (Å²) in [6, 6.07) is 11.5. The van der Waals surface area contributed by atoms with Gasteiger partial charge < -0.3 is 5.32 Å². The van der Waals surface area contributed by atoms with Crippen molar-refractivity contribution in [1.29, 1.82) is 0 Å². The van der Waals surface area contributed by atoms with Crippen LogP contribution in [0.4, 0.5) is 8.78 Å². The monoisotopic (exact) mass is 289 g/mol. The lowest BCUT2D eigenvalue weighted by atomic mass is 9.95. The minimum atomic E-state index is -0.236. The normalized spacial score (nSPS) is 12.4. The quantitative estimate of drug-likeness (QED) is 0.822. The molecule has 0 saturated heterocycles. The van der Waals surface area contributed by atoms with Crippen molar-refractivity contribution >= 4 is 0 Å². The van der Waals surface area contributed by atoms with E-state index in [0.717, 1.165) is 24.1 Å². The molecule has 0 amide bonds. The lowest BCUT2D eigenvalue weighted by Gasteiger charge is -2.20. The second-order valence-corrected chi connectivity index (χ2v) is 5.30. The lowest BCUT2D eigenvalue weighted by Crippen LogP contribution is -2.25. The Kier molecular flexibility index (Phi) is 5.45. The van der Waals surface area contributed by atoms with Gasteiger partial charge in [-0.2, -0.15) is 0 Å². The number of halogens is 2. The highest BCUT2D eigenvalue weighted by Crippen LogP contribution is 2.23. The van der Waals surface area contributed by atoms with Gasteiger partial charge in [0.2, 0.25) is 0 Å². The van der Waals surface area contributed by atoms with Crippen LogP contribution in [0.3, 0.4) is 0 Å². The zero-order valence-corrected chi connectivity index (χ0v) is 12.5. The van der Waals surface area contributed by atoms with E-state index in [2.05, 4.69) is 12.2 Å². The van der Waals surface area contributed by atoms with Gasteiger partial charge in [-0.25, -0.2) is 8.78 Å². The largest absolute Gasteiger partial charge is 0.310 e. The predicted octanol–water partition coefficient (Wildman–Crippen LogP) is 4.56. The number of aryl methyl sites for hydroxylation is 1. The molecule has 0 aromatic heterocycles. The fraction of sp³-hybridized carbons (Fsp3) is 0.333. The van der Waals surface area contributed by atoms with Crippen LogP contribution < -0.4 is 5.32 Å². The Balaban J connectivity index is 2.26. The Hall–Kier alpha value is -1.74. The highest BCUT2D eigenvalue weighted by Gasteiger charge is 2.16. The van der Waals surface area contributed by atoms with Crippen molar-refractivity contribution < 1.29 is 8.78 Å². The van der Waals surface area contributed by atoms with E-state index in [4.69, 9.17) is 0 Å². The molecule has 0 heterocycles. The number of rotatable bonds is 6. The summed E-state index contributed by atoms with van der Waals surface area (Å²) in [5.74, 6) is -0.439. The summed E-state index contributed by atoms with van der Waals surface area (Å²) in [6.45, 7) is 4.78. The molecule has 0 bridgehead atoms. The van der Waals surface area contributed by atoms with Crippen molar-refractivity contribution in [3.63, 3.8) is 0 Å². The molecular formula is C18H21F2N. The minimum absolute atomic E-state index is 0.102. The first-order valence-corrected chi connectivity index (χ1v) is 7.34. The fourth-order valence-electron chi connectivity index (χ4n) is 2.48. The highest BCUT2D eigenvalue weighted by atomic mass is 19.1. The molecular weight excluding hydrogens is 268 g/mol. The van der Waals surface area contributed by atoms with Crippen LogP contribution in [0.2, 0.25) is 0 Å². The van der Waals surface area contributed by atoms with Gasteiger partial charge in [-0.05, 0) is 55.6 Å². The Labute approximate surface area is 125 Å². The summed E-state index contributed by atoms with van der Waals surface area (Å²) in [6.07, 6.45) is 1.63. The second kappa shape index (κ2) is 7.32. The van der Waals surface area contributed by atoms with Crippen molar-refractivity contribution in [3.05, 3.63) is 70.8 Å². The predicted molar refractivity (Wildman–Crippen MR) is 82.3 cm³/mol. The number of hydrogen-bond donors (Lipinski definition) is 1. The molecule has 0 spiro atoms. The summed E-state index contributed by atoms with van der Waals surface area (Å²) in [4.78, 5) is 0. The standard InChI is InChI=1S/C18H21F2N/c1-3-10-21-18(16-6-4-5-7-17(16)20)12-14-8-9-15(19)11-13(14)2/h4-9,11,18,21H,3,10,12H2,1-2H3. The van der Waals surface area contributed by atoms with Crippen LogP contribution in [-0.4, -0.2) is 6.54 Å². The first kappa shape index (κ1) is 15.6. The minimum Gasteiger partial charge on any atom is -0.310 e. The van der Waals surface area contributed by atoms with Crippen molar-refractivity contribution in [2.24, 2.45) is 0 Å². The zero-order chi connectivity index (χ0) is 15.2. The SMILES string of the molecule is CCCNC(Cc1ccc(F)cc1C)c1ccccc1F. The van der Waals surface area contributed by atoms with Crippen LogP contribution in [0.15, 0.2) is 42.5 Å². The maximum atomic E-state index is 14.0. The Morgan fingerprint density at radius 3 is 2.52 bits per heavy atom. The Morgan fingerprint density at radius 1 is 1.10 bits per heavy atom. The molecule has 1 nitrogen and oxygen atoms in total. The van der Waals surface area contributed by atoms with Crippen molar-refractivity contribution in [1.82, 2.24) is 5.32 Å². The average molecular weight is 289 g/mol. The molecule has 2 aromatic rings. The van der Waals surface area contributed by atoms with Gasteiger partial charge in [0.25, 0.3) is 0 Å². The van der Waals surface area contributed by atoms with Crippen molar-refractivity contribution in [2.75, 3.05) is 6.54 Å². The Bertz CT molecular complexity index is 596. The fourth-order valence-corrected chi connectivity index (χ4v) is 2.48. The second-order valence-electron chi connectivity index (χ2n) is 5.30. The van der Waals surface area contributed by atoms with Gasteiger partial charge in [-0.1, -0.05) is 31.2 Å². The van der Waals surface area contributed by atoms with Gasteiger partial charge in [0.05, 0.1) is 0 Å². The molecule has 21 heavy (non-hydrogen) atoms. The van der Waals surface area contributed by atoms with Crippen LogP contribution >= 0.6 is 0 Å². The van der Waals surface area contributed by atoms with Gasteiger partial charge >= 0.3 is 0 Å². The first-order chi connectivity index (χ1) is 10.1. The van der Waals surface area contributed by atoms with Gasteiger partial charge in [0.15, 0.2) is 0 Å². The molecule has 2 rings (SSSR count). The van der Waals surface area contributed by atoms with Crippen molar-refractivity contribution in [2.45, 2.75) is 32.7 Å². The first-order valence-electron chi connectivity index (χ1n) is 7.34. The van der Waals surface area contributed by atoms with Gasteiger partial charge in [0, 0.05) is 11.6 Å². The molecule has 1 N–H and O–H groups in total. The third-order valence-corrected chi connectivity index (χ3v) is 3.65. The van der Waals surface area contributed by atoms with Crippen LogP contribution in [0, 0.1) is 18.6 Å². The maximum absolute atomic E-state index is 14.0. The smallest absolute Gasteiger partial charge is 0.127 e. The molecule has 1 unspecified atom stereocenters. The third-order valence-electron chi connectivity index (χ3n) is 3.65. The molecule has 0 fully saturated rings. The summed E-state index contributed by atoms with van der Waals surface area (Å²) in [5.41, 5.74) is 2.59. The van der Waals surface area contributed by atoms with Gasteiger partial charge in [0.1, 0.15) is 11.6 Å². The summed E-state index contributed by atoms with van der Waals surface area (Å²) in [5, 5.41) is 3.38. The molecule has 3 heteroatoms. The number of hydrogen-bond acceptors (Lipinski definition) is 1. The van der Waals surface area contributed by atoms with E-state index in [-0.39, 0.29) is 17.7 Å². The molecule has 0 radical (unpaired) electrons. The zero-order valence-electron chi connectivity index (χ0n) is 12.5. The summed E-state index contributed by atoms with van der Waals surface area (Å²) in [7, 11) is 0. The summed E-state index contributed by atoms with van der Waals surface area (Å²) < 4.78 is 27.2. The summed E-state index contributed by atoms with van der Waals surface area (Å²) >= 11 is 0. The Morgan fingerprint density at radius 2 is 1.86 bits per heavy atom. The van der Waals surface area contributed by atoms with Gasteiger partial charge in [-0.15, -0.1) is 0 Å². The van der Waals surface area contributed by atoms with E-state index >= 15 is 0 Å². The highest BCUT2D eigenvalue weighted by molar-refractivity contribution is 5.30. The van der Waals surface area contributed by atoms with E-state index in [1.807, 2.05) is 19.1 Å². The number of nitrogens with one attached hydrogen (secondary N) is 1. The van der Waals surface area contributed by atoms with Crippen LogP contribution in [0.25, 0.3) is 0 Å². The molecule has 0 aliphatic rings. The van der Waals surface area contributed by atoms with Crippen LogP contribution in [0.5, 0.6) is 0 Å². The molecule has 1 atom stereocenters. The topological polar surface area (TPSA) is 12.0 Å². The van der Waals surface area contributed by atoms with E-state index in [9.17, 15) is 8.78 Å². The van der Waals surface area contributed by atoms with E-state index in [1.54, 1.807) is 12.1 Å². The average Bonchev–Trinajstić information content (AvgIpc) is 2.46. The van der Waals surface area contributed by atoms with Crippen molar-refractivity contribution in [3.8, 4) is 0 Å². The third kappa shape index (κ3) is 4.11. The molecule has 112 valence electrons. The van der Waals surface area contributed by atoms with E-state index < -0.39 is 0 Å². The molecule has 0 aliphatic heterocycles. The van der Waals surface area contributed by atoms with Gasteiger partial charge in [-0.3, -0.25) is 0 Å². The molecule has 2 aromatic carbocycles. The number of benzene rings is 2. The van der Waals surface area contributed by atoms with E-state index in [0.29, 0.717) is 12.0 Å². The van der Waals surface area contributed by atoms with E-state index in [1.165, 1.54) is 18.2 Å². The molecule has 0 aliphatic carbocycles. The van der Waals surface area contributed by atoms with Crippen LogP contribution in [-0.2, 0) is 6.42 Å².